The lowest BCUT2D eigenvalue weighted by atomic mass is 10.1. The van der Waals surface area contributed by atoms with Gasteiger partial charge in [-0.05, 0) is 13.0 Å². The van der Waals surface area contributed by atoms with Crippen LogP contribution in [0.5, 0.6) is 0 Å². The second kappa shape index (κ2) is 4.77. The molecule has 0 fully saturated rings. The number of halogens is 1. The van der Waals surface area contributed by atoms with Crippen LogP contribution >= 0.6 is 0 Å². The Labute approximate surface area is 99.1 Å². The standard InChI is InChI=1S/C11H12FNO3S/c1-3-17(15,16)10-7-5-4-6-9(10)11(2,12)13-8-14/h4-7H,3H2,1-2H3. The Balaban J connectivity index is 3.52. The minimum atomic E-state index is -3.56. The van der Waals surface area contributed by atoms with E-state index in [0.717, 1.165) is 13.0 Å². The molecule has 17 heavy (non-hydrogen) atoms. The van der Waals surface area contributed by atoms with Crippen LogP contribution < -0.4 is 0 Å². The lowest BCUT2D eigenvalue weighted by molar-refractivity contribution is 0.201. The SMILES string of the molecule is CCS(=O)(=O)c1ccccc1C(C)(F)N=C=O. The third-order valence-corrected chi connectivity index (χ3v) is 4.14. The number of carbonyl (C=O) groups excluding carboxylic acids is 1. The van der Waals surface area contributed by atoms with Crippen LogP contribution in [0.2, 0.25) is 0 Å². The number of alkyl halides is 1. The van der Waals surface area contributed by atoms with Gasteiger partial charge in [-0.2, -0.15) is 4.99 Å². The lowest BCUT2D eigenvalue weighted by Gasteiger charge is -2.17. The molecule has 0 radical (unpaired) electrons. The number of isocyanates is 1. The molecule has 1 atom stereocenters. The molecule has 6 heteroatoms. The molecule has 92 valence electrons. The van der Waals surface area contributed by atoms with Crippen molar-refractivity contribution >= 4 is 15.9 Å². The number of benzene rings is 1. The van der Waals surface area contributed by atoms with Gasteiger partial charge in [0.15, 0.2) is 9.84 Å². The Bertz CT molecular complexity index is 560. The van der Waals surface area contributed by atoms with Crippen LogP contribution in [0.4, 0.5) is 4.39 Å². The second-order valence-corrected chi connectivity index (χ2v) is 5.80. The first-order valence-electron chi connectivity index (χ1n) is 4.95. The first-order chi connectivity index (χ1) is 7.85. The van der Waals surface area contributed by atoms with Crippen LogP contribution in [0.25, 0.3) is 0 Å². The van der Waals surface area contributed by atoms with Crippen LogP contribution in [0.15, 0.2) is 34.2 Å². The molecule has 0 amide bonds. The van der Waals surface area contributed by atoms with Crippen molar-refractivity contribution in [1.82, 2.24) is 0 Å². The van der Waals surface area contributed by atoms with Crippen molar-refractivity contribution in [1.29, 1.82) is 0 Å². The van der Waals surface area contributed by atoms with Crippen LogP contribution in [-0.2, 0) is 20.4 Å². The van der Waals surface area contributed by atoms with E-state index in [1.807, 2.05) is 0 Å². The summed E-state index contributed by atoms with van der Waals surface area (Å²) < 4.78 is 37.6. The highest BCUT2D eigenvalue weighted by molar-refractivity contribution is 7.91. The Kier molecular flexibility index (Phi) is 3.80. The molecule has 0 spiro atoms. The maximum Gasteiger partial charge on any atom is 0.238 e. The summed E-state index contributed by atoms with van der Waals surface area (Å²) in [6.07, 6.45) is 1.11. The first-order valence-corrected chi connectivity index (χ1v) is 6.60. The molecular formula is C11H12FNO3S. The van der Waals surface area contributed by atoms with Crippen molar-refractivity contribution < 1.29 is 17.6 Å². The van der Waals surface area contributed by atoms with E-state index < -0.39 is 15.6 Å². The molecular weight excluding hydrogens is 245 g/mol. The van der Waals surface area contributed by atoms with E-state index in [0.29, 0.717) is 0 Å². The van der Waals surface area contributed by atoms with Crippen molar-refractivity contribution in [3.63, 3.8) is 0 Å². The van der Waals surface area contributed by atoms with E-state index >= 15 is 0 Å². The van der Waals surface area contributed by atoms with Gasteiger partial charge >= 0.3 is 0 Å². The van der Waals surface area contributed by atoms with E-state index in [4.69, 9.17) is 0 Å². The highest BCUT2D eigenvalue weighted by Gasteiger charge is 2.31. The Morgan fingerprint density at radius 3 is 2.53 bits per heavy atom. The Morgan fingerprint density at radius 2 is 2.00 bits per heavy atom. The van der Waals surface area contributed by atoms with Gasteiger partial charge in [0.1, 0.15) is 0 Å². The molecule has 0 aliphatic rings. The fraction of sp³-hybridized carbons (Fsp3) is 0.364. The number of hydrogen-bond acceptors (Lipinski definition) is 4. The van der Waals surface area contributed by atoms with Gasteiger partial charge in [0.25, 0.3) is 0 Å². The zero-order valence-corrected chi connectivity index (χ0v) is 10.3. The summed E-state index contributed by atoms with van der Waals surface area (Å²) in [6.45, 7) is 2.48. The predicted molar refractivity (Wildman–Crippen MR) is 60.8 cm³/mol. The van der Waals surface area contributed by atoms with E-state index in [2.05, 4.69) is 4.99 Å². The summed E-state index contributed by atoms with van der Waals surface area (Å²) in [4.78, 5) is 13.0. The van der Waals surface area contributed by atoms with Crippen molar-refractivity contribution in [3.05, 3.63) is 29.8 Å². The highest BCUT2D eigenvalue weighted by atomic mass is 32.2. The van der Waals surface area contributed by atoms with Gasteiger partial charge in [-0.15, -0.1) is 0 Å². The zero-order chi connectivity index (χ0) is 13.1. The Morgan fingerprint density at radius 1 is 1.41 bits per heavy atom. The minimum absolute atomic E-state index is 0.147. The predicted octanol–water partition coefficient (Wildman–Crippen LogP) is 1.96. The molecule has 1 aromatic rings. The molecule has 0 saturated heterocycles. The average Bonchev–Trinajstić information content (AvgIpc) is 2.29. The minimum Gasteiger partial charge on any atom is -0.224 e. The van der Waals surface area contributed by atoms with Gasteiger partial charge in [-0.25, -0.2) is 17.6 Å². The zero-order valence-electron chi connectivity index (χ0n) is 9.47. The van der Waals surface area contributed by atoms with E-state index in [9.17, 15) is 17.6 Å². The quantitative estimate of drug-likeness (QED) is 0.470. The topological polar surface area (TPSA) is 63.6 Å². The molecule has 0 aromatic heterocycles. The van der Waals surface area contributed by atoms with Crippen LogP contribution in [0.3, 0.4) is 0 Å². The fourth-order valence-electron chi connectivity index (χ4n) is 1.42. The van der Waals surface area contributed by atoms with E-state index in [1.54, 1.807) is 0 Å². The van der Waals surface area contributed by atoms with Crippen molar-refractivity contribution in [3.8, 4) is 0 Å². The van der Waals surface area contributed by atoms with Crippen molar-refractivity contribution in [2.24, 2.45) is 4.99 Å². The molecule has 0 bridgehead atoms. The molecule has 0 heterocycles. The summed E-state index contributed by atoms with van der Waals surface area (Å²) in [6, 6.07) is 5.57. The van der Waals surface area contributed by atoms with Gasteiger partial charge in [-0.1, -0.05) is 25.1 Å². The Hall–Kier alpha value is -1.52. The monoisotopic (exact) mass is 257 g/mol. The third kappa shape index (κ3) is 2.78. The molecule has 1 unspecified atom stereocenters. The molecule has 1 rings (SSSR count). The smallest absolute Gasteiger partial charge is 0.224 e. The summed E-state index contributed by atoms with van der Waals surface area (Å²) in [5, 5.41) is 0. The van der Waals surface area contributed by atoms with Crippen molar-refractivity contribution in [2.45, 2.75) is 24.5 Å². The summed E-state index contributed by atoms with van der Waals surface area (Å²) in [5.74, 6) is -2.54. The molecule has 0 N–H and O–H groups in total. The maximum absolute atomic E-state index is 14.1. The van der Waals surface area contributed by atoms with Crippen LogP contribution in [0, 0.1) is 0 Å². The number of rotatable bonds is 4. The lowest BCUT2D eigenvalue weighted by Crippen LogP contribution is -2.17. The molecule has 1 aromatic carbocycles. The highest BCUT2D eigenvalue weighted by Crippen LogP contribution is 2.32. The van der Waals surface area contributed by atoms with E-state index in [1.165, 1.54) is 31.2 Å². The first kappa shape index (κ1) is 13.5. The van der Waals surface area contributed by atoms with Crippen molar-refractivity contribution in [2.75, 3.05) is 5.75 Å². The van der Waals surface area contributed by atoms with Gasteiger partial charge in [0.05, 0.1) is 10.6 Å². The summed E-state index contributed by atoms with van der Waals surface area (Å²) in [5.41, 5.74) is -0.148. The number of hydrogen-bond donors (Lipinski definition) is 0. The molecule has 4 nitrogen and oxygen atoms in total. The average molecular weight is 257 g/mol. The van der Waals surface area contributed by atoms with E-state index in [-0.39, 0.29) is 16.2 Å². The van der Waals surface area contributed by atoms with Gasteiger partial charge in [0, 0.05) is 5.56 Å². The molecule has 0 saturated carbocycles. The summed E-state index contributed by atoms with van der Waals surface area (Å²) >= 11 is 0. The number of nitrogens with zero attached hydrogens (tertiary/aromatic N) is 1. The largest absolute Gasteiger partial charge is 0.238 e. The van der Waals surface area contributed by atoms with Crippen LogP contribution in [0.1, 0.15) is 19.4 Å². The second-order valence-electron chi connectivity index (χ2n) is 3.56. The van der Waals surface area contributed by atoms with Gasteiger partial charge in [0.2, 0.25) is 11.9 Å². The van der Waals surface area contributed by atoms with Gasteiger partial charge < -0.3 is 0 Å². The van der Waals surface area contributed by atoms with Gasteiger partial charge in [-0.3, -0.25) is 0 Å². The molecule has 0 aliphatic heterocycles. The number of aliphatic imine (C=N–C) groups is 1. The molecule has 0 aliphatic carbocycles. The van der Waals surface area contributed by atoms with Crippen LogP contribution in [-0.4, -0.2) is 20.3 Å². The number of sulfone groups is 1. The third-order valence-electron chi connectivity index (χ3n) is 2.35. The summed E-state index contributed by atoms with van der Waals surface area (Å²) in [7, 11) is -3.56. The normalized spacial score (nSPS) is 14.8. The maximum atomic E-state index is 14.1. The fourth-order valence-corrected chi connectivity index (χ4v) is 2.60.